The van der Waals surface area contributed by atoms with Gasteiger partial charge in [-0.3, -0.25) is 9.59 Å². The van der Waals surface area contributed by atoms with Crippen LogP contribution in [0.1, 0.15) is 30.6 Å². The maximum atomic E-state index is 12.4. The SMILES string of the molecule is C[C@H](c1ccccc1)N1C[C@@H](C(=O)OCc2cn3ccccc3n2)CC1=O. The molecule has 138 valence electrons. The molecule has 27 heavy (non-hydrogen) atoms. The van der Waals surface area contributed by atoms with Gasteiger partial charge in [-0.15, -0.1) is 0 Å². The lowest BCUT2D eigenvalue weighted by Gasteiger charge is -2.25. The van der Waals surface area contributed by atoms with Crippen molar-refractivity contribution in [2.45, 2.75) is 26.0 Å². The Bertz CT molecular complexity index is 934. The van der Waals surface area contributed by atoms with Crippen molar-refractivity contribution >= 4 is 17.5 Å². The Balaban J connectivity index is 1.37. The van der Waals surface area contributed by atoms with Gasteiger partial charge >= 0.3 is 5.97 Å². The number of fused-ring (bicyclic) bond motifs is 1. The van der Waals surface area contributed by atoms with E-state index in [2.05, 4.69) is 4.98 Å². The molecule has 4 rings (SSSR count). The Morgan fingerprint density at radius 1 is 1.22 bits per heavy atom. The summed E-state index contributed by atoms with van der Waals surface area (Å²) in [6.45, 7) is 2.48. The van der Waals surface area contributed by atoms with Crippen molar-refractivity contribution < 1.29 is 14.3 Å². The van der Waals surface area contributed by atoms with Crippen molar-refractivity contribution in [3.8, 4) is 0 Å². The molecule has 0 N–H and O–H groups in total. The second-order valence-corrected chi connectivity index (χ2v) is 6.84. The summed E-state index contributed by atoms with van der Waals surface area (Å²) in [5, 5.41) is 0. The molecule has 0 aliphatic carbocycles. The Morgan fingerprint density at radius 2 is 2.00 bits per heavy atom. The van der Waals surface area contributed by atoms with Crippen LogP contribution in [0.25, 0.3) is 5.65 Å². The number of aromatic nitrogens is 2. The minimum Gasteiger partial charge on any atom is -0.459 e. The van der Waals surface area contributed by atoms with Crippen LogP contribution in [0.4, 0.5) is 0 Å². The van der Waals surface area contributed by atoms with Crippen molar-refractivity contribution in [1.29, 1.82) is 0 Å². The van der Waals surface area contributed by atoms with Crippen LogP contribution < -0.4 is 0 Å². The summed E-state index contributed by atoms with van der Waals surface area (Å²) in [5.74, 6) is -0.787. The van der Waals surface area contributed by atoms with Crippen molar-refractivity contribution in [3.05, 3.63) is 72.2 Å². The lowest BCUT2D eigenvalue weighted by molar-refractivity contribution is -0.149. The molecule has 3 heterocycles. The molecule has 0 bridgehead atoms. The molecular weight excluding hydrogens is 342 g/mol. The van der Waals surface area contributed by atoms with E-state index in [1.54, 1.807) is 4.90 Å². The van der Waals surface area contributed by atoms with E-state index in [1.807, 2.05) is 72.2 Å². The van der Waals surface area contributed by atoms with Crippen LogP contribution in [-0.2, 0) is 20.9 Å². The quantitative estimate of drug-likeness (QED) is 0.654. The zero-order chi connectivity index (χ0) is 18.8. The van der Waals surface area contributed by atoms with Crippen LogP contribution in [0.5, 0.6) is 0 Å². The van der Waals surface area contributed by atoms with E-state index in [4.69, 9.17) is 4.74 Å². The Hall–Kier alpha value is -3.15. The molecule has 1 aliphatic heterocycles. The van der Waals surface area contributed by atoms with Crippen molar-refractivity contribution in [2.75, 3.05) is 6.54 Å². The van der Waals surface area contributed by atoms with E-state index >= 15 is 0 Å². The lowest BCUT2D eigenvalue weighted by atomic mass is 10.1. The average molecular weight is 363 g/mol. The van der Waals surface area contributed by atoms with Crippen molar-refractivity contribution in [2.24, 2.45) is 5.92 Å². The molecule has 3 aromatic rings. The number of ether oxygens (including phenoxy) is 1. The molecule has 2 atom stereocenters. The molecule has 6 nitrogen and oxygen atoms in total. The summed E-state index contributed by atoms with van der Waals surface area (Å²) < 4.78 is 7.31. The second kappa shape index (κ2) is 7.23. The first-order chi connectivity index (χ1) is 13.1. The Kier molecular flexibility index (Phi) is 4.62. The third-order valence-electron chi connectivity index (χ3n) is 5.02. The highest BCUT2D eigenvalue weighted by molar-refractivity contribution is 5.87. The van der Waals surface area contributed by atoms with Gasteiger partial charge < -0.3 is 14.0 Å². The predicted octanol–water partition coefficient (Wildman–Crippen LogP) is 2.99. The number of likely N-dealkylation sites (tertiary alicyclic amines) is 1. The highest BCUT2D eigenvalue weighted by atomic mass is 16.5. The van der Waals surface area contributed by atoms with Gasteiger partial charge in [-0.2, -0.15) is 0 Å². The molecule has 2 aromatic heterocycles. The van der Waals surface area contributed by atoms with E-state index in [1.165, 1.54) is 0 Å². The fourth-order valence-corrected chi connectivity index (χ4v) is 3.49. The van der Waals surface area contributed by atoms with E-state index in [9.17, 15) is 9.59 Å². The van der Waals surface area contributed by atoms with E-state index in [-0.39, 0.29) is 30.9 Å². The molecule has 0 spiro atoms. The normalized spacial score (nSPS) is 18.0. The van der Waals surface area contributed by atoms with Gasteiger partial charge in [0.15, 0.2) is 0 Å². The Morgan fingerprint density at radius 3 is 2.78 bits per heavy atom. The predicted molar refractivity (Wildman–Crippen MR) is 99.7 cm³/mol. The van der Waals surface area contributed by atoms with Gasteiger partial charge in [0.05, 0.1) is 17.7 Å². The summed E-state index contributed by atoms with van der Waals surface area (Å²) >= 11 is 0. The molecule has 1 aliphatic rings. The van der Waals surface area contributed by atoms with Gasteiger partial charge in [-0.25, -0.2) is 4.98 Å². The number of esters is 1. The first kappa shape index (κ1) is 17.3. The minimum atomic E-state index is -0.430. The largest absolute Gasteiger partial charge is 0.459 e. The van der Waals surface area contributed by atoms with Gasteiger partial charge in [0.1, 0.15) is 12.3 Å². The number of pyridine rings is 1. The van der Waals surface area contributed by atoms with Crippen LogP contribution >= 0.6 is 0 Å². The first-order valence-corrected chi connectivity index (χ1v) is 9.05. The molecule has 1 aromatic carbocycles. The summed E-state index contributed by atoms with van der Waals surface area (Å²) in [7, 11) is 0. The zero-order valence-corrected chi connectivity index (χ0v) is 15.1. The highest BCUT2D eigenvalue weighted by Crippen LogP contribution is 2.29. The maximum Gasteiger partial charge on any atom is 0.311 e. The highest BCUT2D eigenvalue weighted by Gasteiger charge is 2.37. The number of hydrogen-bond acceptors (Lipinski definition) is 4. The summed E-state index contributed by atoms with van der Waals surface area (Å²) in [6, 6.07) is 15.5. The fourth-order valence-electron chi connectivity index (χ4n) is 3.49. The smallest absolute Gasteiger partial charge is 0.311 e. The first-order valence-electron chi connectivity index (χ1n) is 9.05. The second-order valence-electron chi connectivity index (χ2n) is 6.84. The number of benzene rings is 1. The number of amides is 1. The summed E-state index contributed by atoms with van der Waals surface area (Å²) in [4.78, 5) is 31.0. The molecule has 0 unspecified atom stereocenters. The monoisotopic (exact) mass is 363 g/mol. The number of nitrogens with zero attached hydrogens (tertiary/aromatic N) is 3. The summed E-state index contributed by atoms with van der Waals surface area (Å²) in [6.07, 6.45) is 3.93. The number of hydrogen-bond donors (Lipinski definition) is 0. The van der Waals surface area contributed by atoms with Gasteiger partial charge in [-0.1, -0.05) is 36.4 Å². The van der Waals surface area contributed by atoms with E-state index < -0.39 is 5.92 Å². The fraction of sp³-hybridized carbons (Fsp3) is 0.286. The third-order valence-corrected chi connectivity index (χ3v) is 5.02. The van der Waals surface area contributed by atoms with Crippen LogP contribution in [0.2, 0.25) is 0 Å². The van der Waals surface area contributed by atoms with Crippen molar-refractivity contribution in [1.82, 2.24) is 14.3 Å². The topological polar surface area (TPSA) is 63.9 Å². The van der Waals surface area contributed by atoms with Gasteiger partial charge in [0.25, 0.3) is 0 Å². The average Bonchev–Trinajstić information content (AvgIpc) is 3.29. The molecular formula is C21H21N3O3. The number of imidazole rings is 1. The number of rotatable bonds is 5. The van der Waals surface area contributed by atoms with Gasteiger partial charge in [0, 0.05) is 25.4 Å². The van der Waals surface area contributed by atoms with Crippen LogP contribution in [0, 0.1) is 5.92 Å². The standard InChI is InChI=1S/C21H21N3O3/c1-15(16-7-3-2-4-8-16)24-12-17(11-20(24)25)21(26)27-14-18-13-23-10-6-5-9-19(23)22-18/h2-10,13,15,17H,11-12,14H2,1H3/t15-,17+/m1/s1. The van der Waals surface area contributed by atoms with Crippen LogP contribution in [0.3, 0.4) is 0 Å². The molecule has 0 saturated carbocycles. The molecule has 6 heteroatoms. The summed E-state index contributed by atoms with van der Waals surface area (Å²) in [5.41, 5.74) is 2.56. The van der Waals surface area contributed by atoms with E-state index in [0.29, 0.717) is 12.2 Å². The van der Waals surface area contributed by atoms with Gasteiger partial charge in [0.2, 0.25) is 5.91 Å². The van der Waals surface area contributed by atoms with Crippen molar-refractivity contribution in [3.63, 3.8) is 0 Å². The Labute approximate surface area is 157 Å². The van der Waals surface area contributed by atoms with Crippen LogP contribution in [0.15, 0.2) is 60.9 Å². The molecule has 1 amide bonds. The van der Waals surface area contributed by atoms with Crippen LogP contribution in [-0.4, -0.2) is 32.7 Å². The third kappa shape index (κ3) is 3.56. The zero-order valence-electron chi connectivity index (χ0n) is 15.1. The van der Waals surface area contributed by atoms with Gasteiger partial charge in [-0.05, 0) is 24.6 Å². The molecule has 1 fully saturated rings. The number of carbonyl (C=O) groups excluding carboxylic acids is 2. The molecule has 1 saturated heterocycles. The lowest BCUT2D eigenvalue weighted by Crippen LogP contribution is -2.29. The van der Waals surface area contributed by atoms with E-state index in [0.717, 1.165) is 11.2 Å². The minimum absolute atomic E-state index is 0.0129. The number of carbonyl (C=O) groups is 2. The molecule has 0 radical (unpaired) electrons. The maximum absolute atomic E-state index is 12.4.